The lowest BCUT2D eigenvalue weighted by Crippen LogP contribution is -2.39. The first-order chi connectivity index (χ1) is 13.5. The van der Waals surface area contributed by atoms with E-state index in [1.54, 1.807) is 48.5 Å². The van der Waals surface area contributed by atoms with Gasteiger partial charge >= 0.3 is 6.36 Å². The third-order valence-corrected chi connectivity index (χ3v) is 4.25. The number of hydrazone groups is 1. The van der Waals surface area contributed by atoms with E-state index >= 15 is 0 Å². The number of para-hydroxylation sites is 1. The van der Waals surface area contributed by atoms with Gasteiger partial charge in [-0.15, -0.1) is 23.4 Å². The average Bonchev–Trinajstić information content (AvgIpc) is 2.70. The zero-order chi connectivity index (χ0) is 19.6. The molecule has 0 saturated heterocycles. The maximum absolute atomic E-state index is 13.1. The fourth-order valence-electron chi connectivity index (χ4n) is 3.09. The number of alkyl halides is 3. The Bertz CT molecular complexity index is 975. The third-order valence-electron chi connectivity index (χ3n) is 4.25. The van der Waals surface area contributed by atoms with Crippen molar-refractivity contribution in [3.8, 4) is 0 Å². The molecule has 3 aromatic rings. The van der Waals surface area contributed by atoms with E-state index in [2.05, 4.69) is 15.3 Å². The van der Waals surface area contributed by atoms with Gasteiger partial charge < -0.3 is 5.32 Å². The number of anilines is 1. The average molecular weight is 383 g/mol. The molecule has 0 aliphatic carbocycles. The van der Waals surface area contributed by atoms with Crippen LogP contribution in [0.3, 0.4) is 0 Å². The molecule has 1 aliphatic rings. The fraction of sp³-hybridized carbons (Fsp3) is 0.0952. The van der Waals surface area contributed by atoms with Crippen LogP contribution in [0.15, 0.2) is 90.0 Å². The van der Waals surface area contributed by atoms with Crippen molar-refractivity contribution in [2.75, 3.05) is 5.32 Å². The maximum Gasteiger partial charge on any atom is 0.545 e. The molecule has 0 radical (unpaired) electrons. The molecular formula is C21H16F3N3O. The van der Waals surface area contributed by atoms with Gasteiger partial charge in [-0.2, -0.15) is 4.84 Å². The zero-order valence-corrected chi connectivity index (χ0v) is 14.6. The van der Waals surface area contributed by atoms with Crippen LogP contribution in [0.25, 0.3) is 0 Å². The highest BCUT2D eigenvalue weighted by Gasteiger charge is 2.39. The second kappa shape index (κ2) is 7.36. The van der Waals surface area contributed by atoms with Crippen molar-refractivity contribution in [2.45, 2.75) is 12.5 Å². The normalized spacial score (nSPS) is 16.3. The summed E-state index contributed by atoms with van der Waals surface area (Å²) in [6, 6.07) is 25.2. The summed E-state index contributed by atoms with van der Waals surface area (Å²) in [5, 5.41) is 7.86. The number of benzene rings is 3. The molecular weight excluding hydrogens is 367 g/mol. The number of nitrogens with zero attached hydrogens (tertiary/aromatic N) is 2. The smallest absolute Gasteiger partial charge is 0.358 e. The van der Waals surface area contributed by atoms with E-state index in [1.165, 1.54) is 0 Å². The van der Waals surface area contributed by atoms with Gasteiger partial charge in [0, 0.05) is 22.4 Å². The molecule has 1 unspecified atom stereocenters. The van der Waals surface area contributed by atoms with Crippen molar-refractivity contribution in [2.24, 2.45) is 5.10 Å². The van der Waals surface area contributed by atoms with E-state index in [1.807, 2.05) is 36.4 Å². The molecule has 0 spiro atoms. The standard InChI is InChI=1S/C21H16F3N3O/c22-21(23,24)28-27-20(25-16-11-5-2-6-12-16)18-14-8-7-13-17(18)19(26-27)15-9-3-1-4-10-15/h1-14,20,25H. The Hall–Kier alpha value is -3.32. The predicted molar refractivity (Wildman–Crippen MR) is 100 cm³/mol. The number of nitrogens with one attached hydrogen (secondary N) is 1. The molecule has 0 aromatic heterocycles. The van der Waals surface area contributed by atoms with Crippen LogP contribution in [-0.2, 0) is 4.84 Å². The van der Waals surface area contributed by atoms with E-state index in [0.717, 1.165) is 5.56 Å². The van der Waals surface area contributed by atoms with E-state index in [9.17, 15) is 13.2 Å². The summed E-state index contributed by atoms with van der Waals surface area (Å²) in [7, 11) is 0. The van der Waals surface area contributed by atoms with E-state index in [4.69, 9.17) is 0 Å². The Morgan fingerprint density at radius 3 is 2.11 bits per heavy atom. The minimum absolute atomic E-state index is 0.409. The quantitative estimate of drug-likeness (QED) is 0.663. The van der Waals surface area contributed by atoms with Crippen LogP contribution in [0.2, 0.25) is 0 Å². The number of hydroxylamine groups is 1. The van der Waals surface area contributed by atoms with Gasteiger partial charge in [0.2, 0.25) is 0 Å². The second-order valence-corrected chi connectivity index (χ2v) is 6.15. The van der Waals surface area contributed by atoms with Crippen LogP contribution in [0.5, 0.6) is 0 Å². The molecule has 1 atom stereocenters. The monoisotopic (exact) mass is 383 g/mol. The maximum atomic E-state index is 13.1. The summed E-state index contributed by atoms with van der Waals surface area (Å²) in [6.45, 7) is 0. The highest BCUT2D eigenvalue weighted by molar-refractivity contribution is 6.14. The molecule has 1 aliphatic heterocycles. The number of hydrogen-bond donors (Lipinski definition) is 1. The van der Waals surface area contributed by atoms with Crippen molar-refractivity contribution >= 4 is 11.4 Å². The van der Waals surface area contributed by atoms with Crippen molar-refractivity contribution in [3.63, 3.8) is 0 Å². The molecule has 4 nitrogen and oxygen atoms in total. The van der Waals surface area contributed by atoms with Gasteiger partial charge in [-0.25, -0.2) is 0 Å². The highest BCUT2D eigenvalue weighted by atomic mass is 19.4. The molecule has 3 aromatic carbocycles. The number of hydrogen-bond acceptors (Lipinski definition) is 4. The van der Waals surface area contributed by atoms with Crippen LogP contribution < -0.4 is 5.32 Å². The summed E-state index contributed by atoms with van der Waals surface area (Å²) in [4.78, 5) is 4.26. The van der Waals surface area contributed by atoms with E-state index in [0.29, 0.717) is 27.7 Å². The lowest BCUT2D eigenvalue weighted by atomic mass is 9.94. The number of rotatable bonds is 4. The molecule has 142 valence electrons. The molecule has 0 fully saturated rings. The SMILES string of the molecule is FC(F)(F)ON1N=C(c2ccccc2)c2ccccc2C1Nc1ccccc1. The van der Waals surface area contributed by atoms with Crippen LogP contribution in [0, 0.1) is 0 Å². The van der Waals surface area contributed by atoms with Gasteiger partial charge in [-0.05, 0) is 12.1 Å². The Balaban J connectivity index is 1.82. The molecule has 28 heavy (non-hydrogen) atoms. The molecule has 7 heteroatoms. The lowest BCUT2D eigenvalue weighted by molar-refractivity contribution is -0.423. The van der Waals surface area contributed by atoms with Gasteiger partial charge in [-0.3, -0.25) is 0 Å². The minimum atomic E-state index is -4.88. The zero-order valence-electron chi connectivity index (χ0n) is 14.6. The number of halogens is 3. The Labute approximate surface area is 159 Å². The molecule has 0 bridgehead atoms. The van der Waals surface area contributed by atoms with Crippen molar-refractivity contribution in [1.82, 2.24) is 5.17 Å². The third kappa shape index (κ3) is 3.84. The van der Waals surface area contributed by atoms with E-state index < -0.39 is 12.5 Å². The Morgan fingerprint density at radius 2 is 1.43 bits per heavy atom. The molecule has 1 N–H and O–H groups in total. The predicted octanol–water partition coefficient (Wildman–Crippen LogP) is 5.32. The molecule has 0 saturated carbocycles. The summed E-state index contributed by atoms with van der Waals surface area (Å²) in [5.41, 5.74) is 3.13. The van der Waals surface area contributed by atoms with Gasteiger partial charge in [0.15, 0.2) is 6.17 Å². The first-order valence-corrected chi connectivity index (χ1v) is 8.61. The minimum Gasteiger partial charge on any atom is -0.358 e. The Kier molecular flexibility index (Phi) is 4.75. The van der Waals surface area contributed by atoms with Gasteiger partial charge in [0.05, 0.1) is 0 Å². The van der Waals surface area contributed by atoms with Crippen LogP contribution >= 0.6 is 0 Å². The van der Waals surface area contributed by atoms with Crippen molar-refractivity contribution in [3.05, 3.63) is 102 Å². The molecule has 4 rings (SSSR count). The van der Waals surface area contributed by atoms with Gasteiger partial charge in [0.25, 0.3) is 0 Å². The fourth-order valence-corrected chi connectivity index (χ4v) is 3.09. The molecule has 1 heterocycles. The number of fused-ring (bicyclic) bond motifs is 1. The van der Waals surface area contributed by atoms with Crippen molar-refractivity contribution < 1.29 is 18.0 Å². The summed E-state index contributed by atoms with van der Waals surface area (Å²) in [5.74, 6) is 0. The second-order valence-electron chi connectivity index (χ2n) is 6.15. The van der Waals surface area contributed by atoms with Crippen LogP contribution in [0.1, 0.15) is 22.9 Å². The molecule has 0 amide bonds. The van der Waals surface area contributed by atoms with Gasteiger partial charge in [0.1, 0.15) is 5.71 Å². The highest BCUT2D eigenvalue weighted by Crippen LogP contribution is 2.35. The summed E-state index contributed by atoms with van der Waals surface area (Å²) in [6.07, 6.45) is -5.83. The lowest BCUT2D eigenvalue weighted by Gasteiger charge is -2.35. The van der Waals surface area contributed by atoms with Crippen molar-refractivity contribution in [1.29, 1.82) is 0 Å². The Morgan fingerprint density at radius 1 is 0.821 bits per heavy atom. The summed E-state index contributed by atoms with van der Waals surface area (Å²) >= 11 is 0. The summed E-state index contributed by atoms with van der Waals surface area (Å²) < 4.78 is 39.3. The van der Waals surface area contributed by atoms with Crippen LogP contribution in [-0.4, -0.2) is 17.2 Å². The topological polar surface area (TPSA) is 36.9 Å². The van der Waals surface area contributed by atoms with Crippen LogP contribution in [0.4, 0.5) is 18.9 Å². The first kappa shape index (κ1) is 18.1. The largest absolute Gasteiger partial charge is 0.545 e. The first-order valence-electron chi connectivity index (χ1n) is 8.61. The van der Waals surface area contributed by atoms with Gasteiger partial charge in [-0.1, -0.05) is 72.8 Å². The van der Waals surface area contributed by atoms with E-state index in [-0.39, 0.29) is 0 Å².